The number of aromatic nitrogens is 3. The summed E-state index contributed by atoms with van der Waals surface area (Å²) in [6.07, 6.45) is 1.73. The van der Waals surface area contributed by atoms with E-state index in [-0.39, 0.29) is 17.5 Å². The zero-order valence-corrected chi connectivity index (χ0v) is 13.1. The zero-order chi connectivity index (χ0) is 15.9. The smallest absolute Gasteiger partial charge is 0.230 e. The first kappa shape index (κ1) is 16.2. The third-order valence-electron chi connectivity index (χ3n) is 2.84. The molecule has 5 nitrogen and oxygen atoms in total. The normalized spacial score (nSPS) is 10.5. The van der Waals surface area contributed by atoms with E-state index >= 15 is 0 Å². The standard InChI is InChI=1S/C15H17FN4OS/c1-3-9-20-14(11-5-7-12(16)8-6-11)18-19-15(20)22-10-13(21)17-4-2/h3,5-8H,1,4,9-10H2,2H3,(H,17,21). The second-order valence-electron chi connectivity index (χ2n) is 4.45. The minimum Gasteiger partial charge on any atom is -0.356 e. The fraction of sp³-hybridized carbons (Fsp3) is 0.267. The molecule has 0 bridgehead atoms. The number of nitrogens with zero attached hydrogens (tertiary/aromatic N) is 3. The van der Waals surface area contributed by atoms with Gasteiger partial charge in [-0.15, -0.1) is 16.8 Å². The highest BCUT2D eigenvalue weighted by atomic mass is 32.2. The molecule has 116 valence electrons. The Morgan fingerprint density at radius 3 is 2.77 bits per heavy atom. The molecule has 0 fully saturated rings. The van der Waals surface area contributed by atoms with Gasteiger partial charge in [0.25, 0.3) is 0 Å². The van der Waals surface area contributed by atoms with Crippen LogP contribution in [0, 0.1) is 5.82 Å². The molecule has 0 atom stereocenters. The summed E-state index contributed by atoms with van der Waals surface area (Å²) in [5.74, 6) is 0.540. The molecular formula is C15H17FN4OS. The molecule has 0 unspecified atom stereocenters. The van der Waals surface area contributed by atoms with Gasteiger partial charge >= 0.3 is 0 Å². The summed E-state index contributed by atoms with van der Waals surface area (Å²) >= 11 is 1.31. The predicted molar refractivity (Wildman–Crippen MR) is 85.0 cm³/mol. The van der Waals surface area contributed by atoms with Crippen molar-refractivity contribution >= 4 is 17.7 Å². The van der Waals surface area contributed by atoms with E-state index in [9.17, 15) is 9.18 Å². The molecule has 2 aromatic rings. The van der Waals surface area contributed by atoms with E-state index in [1.54, 1.807) is 18.2 Å². The second-order valence-corrected chi connectivity index (χ2v) is 5.40. The molecule has 0 radical (unpaired) electrons. The largest absolute Gasteiger partial charge is 0.356 e. The maximum atomic E-state index is 13.0. The van der Waals surface area contributed by atoms with Gasteiger partial charge in [-0.2, -0.15) is 0 Å². The highest BCUT2D eigenvalue weighted by Crippen LogP contribution is 2.24. The molecule has 0 saturated heterocycles. The second kappa shape index (κ2) is 7.74. The predicted octanol–water partition coefficient (Wildman–Crippen LogP) is 2.50. The van der Waals surface area contributed by atoms with E-state index in [0.717, 1.165) is 5.56 Å². The maximum Gasteiger partial charge on any atom is 0.230 e. The van der Waals surface area contributed by atoms with Gasteiger partial charge in [0.05, 0.1) is 5.75 Å². The van der Waals surface area contributed by atoms with Crippen LogP contribution in [-0.2, 0) is 11.3 Å². The van der Waals surface area contributed by atoms with Gasteiger partial charge in [0.15, 0.2) is 11.0 Å². The Bertz CT molecular complexity index is 654. The van der Waals surface area contributed by atoms with Crippen molar-refractivity contribution in [2.75, 3.05) is 12.3 Å². The van der Waals surface area contributed by atoms with Crippen LogP contribution < -0.4 is 5.32 Å². The minimum absolute atomic E-state index is 0.0519. The molecule has 1 heterocycles. The Balaban J connectivity index is 2.23. The van der Waals surface area contributed by atoms with Crippen LogP contribution in [0.5, 0.6) is 0 Å². The highest BCUT2D eigenvalue weighted by molar-refractivity contribution is 7.99. The quantitative estimate of drug-likeness (QED) is 0.629. The number of carbonyl (C=O) groups is 1. The van der Waals surface area contributed by atoms with Crippen LogP contribution in [-0.4, -0.2) is 33.0 Å². The van der Waals surface area contributed by atoms with E-state index in [4.69, 9.17) is 0 Å². The van der Waals surface area contributed by atoms with Crippen LogP contribution in [0.4, 0.5) is 4.39 Å². The van der Waals surface area contributed by atoms with E-state index in [0.29, 0.717) is 24.1 Å². The Labute approximate surface area is 132 Å². The number of rotatable bonds is 7. The Morgan fingerprint density at radius 2 is 2.14 bits per heavy atom. The number of carbonyl (C=O) groups excluding carboxylic acids is 1. The lowest BCUT2D eigenvalue weighted by molar-refractivity contribution is -0.118. The molecule has 1 amide bonds. The van der Waals surface area contributed by atoms with Crippen molar-refractivity contribution < 1.29 is 9.18 Å². The van der Waals surface area contributed by atoms with Gasteiger partial charge in [-0.25, -0.2) is 4.39 Å². The van der Waals surface area contributed by atoms with Gasteiger partial charge in [0.2, 0.25) is 5.91 Å². The van der Waals surface area contributed by atoms with Gasteiger partial charge < -0.3 is 5.32 Å². The summed E-state index contributed by atoms with van der Waals surface area (Å²) in [5.41, 5.74) is 0.764. The van der Waals surface area contributed by atoms with Crippen LogP contribution >= 0.6 is 11.8 Å². The molecule has 0 spiro atoms. The van der Waals surface area contributed by atoms with Gasteiger partial charge in [0.1, 0.15) is 5.82 Å². The molecule has 1 aromatic carbocycles. The summed E-state index contributed by atoms with van der Waals surface area (Å²) in [6, 6.07) is 6.06. The van der Waals surface area contributed by atoms with E-state index in [1.807, 2.05) is 11.5 Å². The lowest BCUT2D eigenvalue weighted by Crippen LogP contribution is -2.24. The fourth-order valence-electron chi connectivity index (χ4n) is 1.88. The van der Waals surface area contributed by atoms with E-state index in [1.165, 1.54) is 23.9 Å². The third-order valence-corrected chi connectivity index (χ3v) is 3.80. The van der Waals surface area contributed by atoms with E-state index < -0.39 is 0 Å². The summed E-state index contributed by atoms with van der Waals surface area (Å²) in [7, 11) is 0. The van der Waals surface area contributed by atoms with Crippen molar-refractivity contribution in [3.8, 4) is 11.4 Å². The number of amides is 1. The van der Waals surface area contributed by atoms with E-state index in [2.05, 4.69) is 22.1 Å². The lowest BCUT2D eigenvalue weighted by atomic mass is 10.2. The Hall–Kier alpha value is -2.15. The third kappa shape index (κ3) is 3.94. The number of halogens is 1. The number of thioether (sulfide) groups is 1. The summed E-state index contributed by atoms with van der Waals surface area (Å²) in [4.78, 5) is 11.5. The molecule has 2 rings (SSSR count). The average Bonchev–Trinajstić information content (AvgIpc) is 2.90. The van der Waals surface area contributed by atoms with Gasteiger partial charge in [-0.1, -0.05) is 17.8 Å². The lowest BCUT2D eigenvalue weighted by Gasteiger charge is -2.07. The van der Waals surface area contributed by atoms with Crippen LogP contribution in [0.1, 0.15) is 6.92 Å². The SMILES string of the molecule is C=CCn1c(SCC(=O)NCC)nnc1-c1ccc(F)cc1. The van der Waals surface area contributed by atoms with Crippen molar-refractivity contribution in [3.05, 3.63) is 42.7 Å². The van der Waals surface area contributed by atoms with Crippen molar-refractivity contribution in [2.45, 2.75) is 18.6 Å². The van der Waals surface area contributed by atoms with Gasteiger partial charge in [-0.3, -0.25) is 9.36 Å². The average molecular weight is 320 g/mol. The highest BCUT2D eigenvalue weighted by Gasteiger charge is 2.14. The summed E-state index contributed by atoms with van der Waals surface area (Å²) in [6.45, 7) is 6.70. The molecule has 1 aromatic heterocycles. The molecule has 1 N–H and O–H groups in total. The van der Waals surface area contributed by atoms with Crippen LogP contribution in [0.3, 0.4) is 0 Å². The van der Waals surface area contributed by atoms with Crippen LogP contribution in [0.25, 0.3) is 11.4 Å². The molecule has 0 aliphatic heterocycles. The zero-order valence-electron chi connectivity index (χ0n) is 12.3. The first-order valence-electron chi connectivity index (χ1n) is 6.85. The minimum atomic E-state index is -0.302. The van der Waals surface area contributed by atoms with Gasteiger partial charge in [0, 0.05) is 18.7 Å². The van der Waals surface area contributed by atoms with Crippen molar-refractivity contribution in [3.63, 3.8) is 0 Å². The molecule has 0 aliphatic carbocycles. The van der Waals surface area contributed by atoms with Crippen molar-refractivity contribution in [1.29, 1.82) is 0 Å². The molecule has 7 heteroatoms. The number of hydrogen-bond donors (Lipinski definition) is 1. The molecular weight excluding hydrogens is 303 g/mol. The summed E-state index contributed by atoms with van der Waals surface area (Å²) < 4.78 is 14.9. The topological polar surface area (TPSA) is 59.8 Å². The Kier molecular flexibility index (Phi) is 5.71. The van der Waals surface area contributed by atoms with Crippen LogP contribution in [0.15, 0.2) is 42.1 Å². The number of hydrogen-bond acceptors (Lipinski definition) is 4. The van der Waals surface area contributed by atoms with Crippen molar-refractivity contribution in [1.82, 2.24) is 20.1 Å². The first-order chi connectivity index (χ1) is 10.7. The van der Waals surface area contributed by atoms with Crippen molar-refractivity contribution in [2.24, 2.45) is 0 Å². The van der Waals surface area contributed by atoms with Crippen LogP contribution in [0.2, 0.25) is 0 Å². The van der Waals surface area contributed by atoms with Gasteiger partial charge in [-0.05, 0) is 31.2 Å². The molecule has 0 saturated carbocycles. The Morgan fingerprint density at radius 1 is 1.41 bits per heavy atom. The number of allylic oxidation sites excluding steroid dienone is 1. The maximum absolute atomic E-state index is 13.0. The molecule has 0 aliphatic rings. The number of benzene rings is 1. The molecule has 22 heavy (non-hydrogen) atoms. The summed E-state index contributed by atoms with van der Waals surface area (Å²) in [5, 5.41) is 11.6. The number of nitrogens with one attached hydrogen (secondary N) is 1. The first-order valence-corrected chi connectivity index (χ1v) is 7.83. The monoisotopic (exact) mass is 320 g/mol. The fourth-order valence-corrected chi connectivity index (χ4v) is 2.66.